The summed E-state index contributed by atoms with van der Waals surface area (Å²) in [5.41, 5.74) is 1.50. The molecule has 16 heavy (non-hydrogen) atoms. The van der Waals surface area contributed by atoms with Gasteiger partial charge in [-0.1, -0.05) is 19.4 Å². The fourth-order valence-corrected chi connectivity index (χ4v) is 1.45. The normalized spacial score (nSPS) is 9.69. The first kappa shape index (κ1) is 12.4. The highest BCUT2D eigenvalue weighted by Crippen LogP contribution is 2.17. The Labute approximate surface area is 96.2 Å². The van der Waals surface area contributed by atoms with Crippen LogP contribution in [0.1, 0.15) is 37.2 Å². The van der Waals surface area contributed by atoms with Crippen LogP contribution in [0.3, 0.4) is 0 Å². The molecule has 1 aromatic rings. The van der Waals surface area contributed by atoms with E-state index < -0.39 is 0 Å². The van der Waals surface area contributed by atoms with Crippen LogP contribution in [0, 0.1) is 0 Å². The van der Waals surface area contributed by atoms with Crippen molar-refractivity contribution in [2.75, 3.05) is 7.11 Å². The number of nitrogens with zero attached hydrogens (tertiary/aromatic N) is 1. The second kappa shape index (κ2) is 6.05. The van der Waals surface area contributed by atoms with Gasteiger partial charge in [-0.3, -0.25) is 4.79 Å². The molecule has 0 aliphatic rings. The largest absolute Gasteiger partial charge is 0.494 e. The van der Waals surface area contributed by atoms with Crippen LogP contribution in [0.5, 0.6) is 5.75 Å². The lowest BCUT2D eigenvalue weighted by Gasteiger charge is -2.04. The highest BCUT2D eigenvalue weighted by atomic mass is 16.5. The number of carbonyl (C=O) groups excluding carboxylic acids is 1. The molecule has 86 valence electrons. The quantitative estimate of drug-likeness (QED) is 0.564. The molecule has 1 rings (SSSR count). The molecule has 0 saturated heterocycles. The third-order valence-electron chi connectivity index (χ3n) is 2.47. The second-order valence-corrected chi connectivity index (χ2v) is 3.43. The standard InChI is InChI=1S/C13H17NO2/c1-4-10(5-2)9-11(15)13-12(16-3)7-6-8-14-13/h6-9H,4-5H2,1-3H3. The number of allylic oxidation sites excluding steroid dienone is 2. The van der Waals surface area contributed by atoms with E-state index in [9.17, 15) is 4.79 Å². The summed E-state index contributed by atoms with van der Waals surface area (Å²) in [6, 6.07) is 3.49. The lowest BCUT2D eigenvalue weighted by atomic mass is 10.1. The van der Waals surface area contributed by atoms with Gasteiger partial charge in [0.2, 0.25) is 5.78 Å². The molecule has 0 radical (unpaired) electrons. The molecule has 1 aromatic heterocycles. The SMILES string of the molecule is CCC(=CC(=O)c1ncccc1OC)CC. The number of methoxy groups -OCH3 is 1. The predicted octanol–water partition coefficient (Wildman–Crippen LogP) is 3.02. The van der Waals surface area contributed by atoms with Crippen molar-refractivity contribution in [3.63, 3.8) is 0 Å². The van der Waals surface area contributed by atoms with E-state index in [0.717, 1.165) is 18.4 Å². The zero-order valence-electron chi connectivity index (χ0n) is 9.99. The number of aromatic nitrogens is 1. The number of rotatable bonds is 5. The third-order valence-corrected chi connectivity index (χ3v) is 2.47. The Bertz CT molecular complexity index is 391. The summed E-state index contributed by atoms with van der Waals surface area (Å²) >= 11 is 0. The van der Waals surface area contributed by atoms with Crippen LogP contribution in [0.15, 0.2) is 30.0 Å². The second-order valence-electron chi connectivity index (χ2n) is 3.43. The van der Waals surface area contributed by atoms with Crippen LogP contribution in [-0.2, 0) is 0 Å². The monoisotopic (exact) mass is 219 g/mol. The smallest absolute Gasteiger partial charge is 0.207 e. The minimum atomic E-state index is -0.0869. The Hall–Kier alpha value is -1.64. The molecule has 0 aliphatic heterocycles. The van der Waals surface area contributed by atoms with Crippen molar-refractivity contribution in [1.82, 2.24) is 4.98 Å². The molecular formula is C13H17NO2. The number of ketones is 1. The fraction of sp³-hybridized carbons (Fsp3) is 0.385. The van der Waals surface area contributed by atoms with Gasteiger partial charge in [-0.15, -0.1) is 0 Å². The first-order chi connectivity index (χ1) is 7.72. The van der Waals surface area contributed by atoms with Crippen molar-refractivity contribution in [3.8, 4) is 5.75 Å². The summed E-state index contributed by atoms with van der Waals surface area (Å²) < 4.78 is 5.10. The molecule has 0 aromatic carbocycles. The molecule has 3 nitrogen and oxygen atoms in total. The van der Waals surface area contributed by atoms with E-state index in [1.165, 1.54) is 7.11 Å². The maximum Gasteiger partial charge on any atom is 0.207 e. The molecule has 0 spiro atoms. The molecule has 0 unspecified atom stereocenters. The van der Waals surface area contributed by atoms with E-state index in [0.29, 0.717) is 11.4 Å². The summed E-state index contributed by atoms with van der Waals surface area (Å²) in [5.74, 6) is 0.437. The molecule has 0 N–H and O–H groups in total. The van der Waals surface area contributed by atoms with Gasteiger partial charge >= 0.3 is 0 Å². The van der Waals surface area contributed by atoms with Crippen LogP contribution in [0.2, 0.25) is 0 Å². The predicted molar refractivity (Wildman–Crippen MR) is 63.8 cm³/mol. The maximum atomic E-state index is 11.9. The summed E-state index contributed by atoms with van der Waals surface area (Å²) in [4.78, 5) is 16.0. The minimum absolute atomic E-state index is 0.0869. The third kappa shape index (κ3) is 2.92. The van der Waals surface area contributed by atoms with Crippen LogP contribution in [0.4, 0.5) is 0 Å². The molecule has 1 heterocycles. The molecular weight excluding hydrogens is 202 g/mol. The molecule has 0 fully saturated rings. The minimum Gasteiger partial charge on any atom is -0.494 e. The van der Waals surface area contributed by atoms with E-state index >= 15 is 0 Å². The summed E-state index contributed by atoms with van der Waals surface area (Å²) in [5, 5.41) is 0. The fourth-order valence-electron chi connectivity index (χ4n) is 1.45. The van der Waals surface area contributed by atoms with E-state index in [-0.39, 0.29) is 5.78 Å². The number of carbonyl (C=O) groups is 1. The molecule has 0 aliphatic carbocycles. The van der Waals surface area contributed by atoms with Crippen molar-refractivity contribution in [3.05, 3.63) is 35.7 Å². The Morgan fingerprint density at radius 2 is 2.12 bits per heavy atom. The van der Waals surface area contributed by atoms with Crippen molar-refractivity contribution in [1.29, 1.82) is 0 Å². The highest BCUT2D eigenvalue weighted by Gasteiger charge is 2.11. The van der Waals surface area contributed by atoms with Gasteiger partial charge in [0.1, 0.15) is 5.75 Å². The summed E-state index contributed by atoms with van der Waals surface area (Å²) in [7, 11) is 1.54. The van der Waals surface area contributed by atoms with Crippen molar-refractivity contribution in [2.24, 2.45) is 0 Å². The first-order valence-electron chi connectivity index (χ1n) is 5.45. The topological polar surface area (TPSA) is 39.2 Å². The van der Waals surface area contributed by atoms with Gasteiger partial charge in [-0.25, -0.2) is 4.98 Å². The first-order valence-corrected chi connectivity index (χ1v) is 5.45. The zero-order chi connectivity index (χ0) is 12.0. The Balaban J connectivity index is 3.00. The Kier molecular flexibility index (Phi) is 4.70. The van der Waals surface area contributed by atoms with Gasteiger partial charge in [-0.05, 0) is 31.1 Å². The average Bonchev–Trinajstić information content (AvgIpc) is 2.35. The molecule has 0 atom stereocenters. The van der Waals surface area contributed by atoms with Crippen molar-refractivity contribution < 1.29 is 9.53 Å². The Morgan fingerprint density at radius 3 is 2.69 bits per heavy atom. The van der Waals surface area contributed by atoms with Crippen LogP contribution in [0.25, 0.3) is 0 Å². The molecule has 0 bridgehead atoms. The molecule has 0 amide bonds. The van der Waals surface area contributed by atoms with E-state index in [2.05, 4.69) is 4.98 Å². The zero-order valence-corrected chi connectivity index (χ0v) is 9.99. The number of hydrogen-bond acceptors (Lipinski definition) is 3. The summed E-state index contributed by atoms with van der Waals surface area (Å²) in [6.07, 6.45) is 5.03. The maximum absolute atomic E-state index is 11.9. The van der Waals surface area contributed by atoms with Gasteiger partial charge < -0.3 is 4.74 Å². The average molecular weight is 219 g/mol. The van der Waals surface area contributed by atoms with Gasteiger partial charge in [-0.2, -0.15) is 0 Å². The van der Waals surface area contributed by atoms with Gasteiger partial charge in [0.25, 0.3) is 0 Å². The molecule has 3 heteroatoms. The van der Waals surface area contributed by atoms with Crippen LogP contribution in [-0.4, -0.2) is 17.9 Å². The lowest BCUT2D eigenvalue weighted by molar-refractivity contribution is 0.103. The van der Waals surface area contributed by atoms with Crippen molar-refractivity contribution >= 4 is 5.78 Å². The lowest BCUT2D eigenvalue weighted by Crippen LogP contribution is -2.02. The van der Waals surface area contributed by atoms with Crippen molar-refractivity contribution in [2.45, 2.75) is 26.7 Å². The van der Waals surface area contributed by atoms with E-state index in [1.54, 1.807) is 24.4 Å². The van der Waals surface area contributed by atoms with Gasteiger partial charge in [0.15, 0.2) is 5.69 Å². The number of ether oxygens (including phenoxy) is 1. The van der Waals surface area contributed by atoms with E-state index in [4.69, 9.17) is 4.74 Å². The highest BCUT2D eigenvalue weighted by molar-refractivity contribution is 6.05. The van der Waals surface area contributed by atoms with Crippen LogP contribution >= 0.6 is 0 Å². The van der Waals surface area contributed by atoms with Gasteiger partial charge in [0, 0.05) is 6.20 Å². The Morgan fingerprint density at radius 1 is 1.44 bits per heavy atom. The number of hydrogen-bond donors (Lipinski definition) is 0. The molecule has 0 saturated carbocycles. The summed E-state index contributed by atoms with van der Waals surface area (Å²) in [6.45, 7) is 4.08. The number of pyridine rings is 1. The van der Waals surface area contributed by atoms with Gasteiger partial charge in [0.05, 0.1) is 7.11 Å². The van der Waals surface area contributed by atoms with E-state index in [1.807, 2.05) is 13.8 Å². The van der Waals surface area contributed by atoms with Crippen LogP contribution < -0.4 is 4.74 Å².